The van der Waals surface area contributed by atoms with Crippen LogP contribution in [0.1, 0.15) is 55.4 Å². The minimum atomic E-state index is -0.558. The van der Waals surface area contributed by atoms with Crippen LogP contribution < -0.4 is 10.1 Å². The lowest BCUT2D eigenvalue weighted by Gasteiger charge is -2.36. The Labute approximate surface area is 174 Å². The molecular weight excluding hydrogens is 362 g/mol. The highest BCUT2D eigenvalue weighted by Gasteiger charge is 2.41. The summed E-state index contributed by atoms with van der Waals surface area (Å²) in [5.41, 5.74) is 4.58. The summed E-state index contributed by atoms with van der Waals surface area (Å²) in [6, 6.07) is 12.3. The van der Waals surface area contributed by atoms with E-state index < -0.39 is 5.41 Å². The maximum absolute atomic E-state index is 13.5. The largest absolute Gasteiger partial charge is 0.490 e. The average molecular weight is 396 g/mol. The van der Waals surface area contributed by atoms with Gasteiger partial charge in [-0.2, -0.15) is 0 Å². The van der Waals surface area contributed by atoms with E-state index in [1.165, 1.54) is 5.56 Å². The average Bonchev–Trinajstić information content (AvgIpc) is 2.71. The molecule has 0 aromatic heterocycles. The van der Waals surface area contributed by atoms with Crippen molar-refractivity contribution in [2.24, 2.45) is 0 Å². The van der Waals surface area contributed by atoms with E-state index in [2.05, 4.69) is 44.3 Å². The Balaban J connectivity index is 1.89. The van der Waals surface area contributed by atoms with Crippen molar-refractivity contribution in [3.05, 3.63) is 58.7 Å². The molecule has 156 valence electrons. The van der Waals surface area contributed by atoms with Crippen LogP contribution in [0.25, 0.3) is 0 Å². The molecule has 1 N–H and O–H groups in total. The van der Waals surface area contributed by atoms with Crippen LogP contribution in [0.5, 0.6) is 5.75 Å². The molecule has 0 radical (unpaired) electrons. The molecule has 4 heteroatoms. The van der Waals surface area contributed by atoms with Crippen LogP contribution in [0.3, 0.4) is 0 Å². The Morgan fingerprint density at radius 3 is 2.38 bits per heavy atom. The molecule has 0 aliphatic carbocycles. The molecule has 3 rings (SSSR count). The minimum absolute atomic E-state index is 0.0424. The molecular formula is C25H33NO3. The van der Waals surface area contributed by atoms with Gasteiger partial charge < -0.3 is 14.8 Å². The van der Waals surface area contributed by atoms with E-state index in [1.54, 1.807) is 0 Å². The van der Waals surface area contributed by atoms with Gasteiger partial charge >= 0.3 is 0 Å². The molecule has 0 saturated carbocycles. The van der Waals surface area contributed by atoms with Crippen molar-refractivity contribution >= 4 is 11.6 Å². The van der Waals surface area contributed by atoms with Gasteiger partial charge in [-0.05, 0) is 75.8 Å². The number of hydrogen-bond acceptors (Lipinski definition) is 3. The van der Waals surface area contributed by atoms with E-state index in [-0.39, 0.29) is 12.0 Å². The molecule has 0 bridgehead atoms. The second-order valence-corrected chi connectivity index (χ2v) is 8.29. The summed E-state index contributed by atoms with van der Waals surface area (Å²) in [7, 11) is 0. The van der Waals surface area contributed by atoms with Gasteiger partial charge in [-0.25, -0.2) is 0 Å². The maximum atomic E-state index is 13.5. The Kier molecular flexibility index (Phi) is 6.63. The van der Waals surface area contributed by atoms with Crippen molar-refractivity contribution in [1.29, 1.82) is 0 Å². The van der Waals surface area contributed by atoms with Gasteiger partial charge in [0.05, 0.1) is 11.5 Å². The zero-order valence-corrected chi connectivity index (χ0v) is 18.3. The summed E-state index contributed by atoms with van der Waals surface area (Å²) >= 11 is 0. The van der Waals surface area contributed by atoms with Gasteiger partial charge in [0.25, 0.3) is 0 Å². The van der Waals surface area contributed by atoms with Crippen molar-refractivity contribution < 1.29 is 14.3 Å². The molecule has 1 saturated heterocycles. The summed E-state index contributed by atoms with van der Waals surface area (Å²) < 4.78 is 11.7. The van der Waals surface area contributed by atoms with E-state index in [9.17, 15) is 4.79 Å². The monoisotopic (exact) mass is 395 g/mol. The van der Waals surface area contributed by atoms with Crippen LogP contribution in [0, 0.1) is 20.8 Å². The first-order chi connectivity index (χ1) is 13.9. The first kappa shape index (κ1) is 21.4. The van der Waals surface area contributed by atoms with Crippen molar-refractivity contribution in [2.45, 2.75) is 65.4 Å². The normalized spacial score (nSPS) is 16.9. The molecule has 0 unspecified atom stereocenters. The standard InChI is InChI=1S/C25H33NO3/c1-6-20(5)29-23-18(3)15-22(16-19(23)4)26-24(27)25(10-12-28-13-11-25)21-9-7-8-17(2)14-21/h7-9,14-16,20H,6,10-13H2,1-5H3,(H,26,27)/t20-/m1/s1. The number of hydrogen-bond donors (Lipinski definition) is 1. The zero-order valence-electron chi connectivity index (χ0n) is 18.3. The van der Waals surface area contributed by atoms with Gasteiger partial charge in [-0.3, -0.25) is 4.79 Å². The van der Waals surface area contributed by atoms with Crippen LogP contribution in [0.4, 0.5) is 5.69 Å². The smallest absolute Gasteiger partial charge is 0.235 e. The highest BCUT2D eigenvalue weighted by atomic mass is 16.5. The zero-order chi connectivity index (χ0) is 21.0. The van der Waals surface area contributed by atoms with Gasteiger partial charge in [0.1, 0.15) is 5.75 Å². The van der Waals surface area contributed by atoms with Crippen molar-refractivity contribution in [1.82, 2.24) is 0 Å². The van der Waals surface area contributed by atoms with Gasteiger partial charge in [0.2, 0.25) is 5.91 Å². The second-order valence-electron chi connectivity index (χ2n) is 8.29. The fourth-order valence-corrected chi connectivity index (χ4v) is 4.05. The fraction of sp³-hybridized carbons (Fsp3) is 0.480. The van der Waals surface area contributed by atoms with E-state index >= 15 is 0 Å². The summed E-state index contributed by atoms with van der Waals surface area (Å²) in [5, 5.41) is 3.20. The van der Waals surface area contributed by atoms with Crippen LogP contribution >= 0.6 is 0 Å². The van der Waals surface area contributed by atoms with Crippen molar-refractivity contribution in [3.63, 3.8) is 0 Å². The molecule has 1 atom stereocenters. The lowest BCUT2D eigenvalue weighted by Crippen LogP contribution is -2.44. The predicted octanol–water partition coefficient (Wildman–Crippen LogP) is 5.48. The molecule has 0 spiro atoms. The third-order valence-corrected chi connectivity index (χ3v) is 5.96. The molecule has 2 aromatic carbocycles. The number of ether oxygens (including phenoxy) is 2. The van der Waals surface area contributed by atoms with Crippen LogP contribution in [-0.2, 0) is 14.9 Å². The second kappa shape index (κ2) is 9.00. The van der Waals surface area contributed by atoms with E-state index in [0.29, 0.717) is 26.1 Å². The molecule has 1 aliphatic rings. The van der Waals surface area contributed by atoms with Gasteiger partial charge in [-0.1, -0.05) is 36.8 Å². The Hall–Kier alpha value is -2.33. The summed E-state index contributed by atoms with van der Waals surface area (Å²) in [4.78, 5) is 13.5. The molecule has 4 nitrogen and oxygen atoms in total. The molecule has 1 aliphatic heterocycles. The number of carbonyl (C=O) groups excluding carboxylic acids is 1. The van der Waals surface area contributed by atoms with Gasteiger partial charge in [0.15, 0.2) is 0 Å². The summed E-state index contributed by atoms with van der Waals surface area (Å²) in [6.07, 6.45) is 2.50. The minimum Gasteiger partial charge on any atom is -0.490 e. The SMILES string of the molecule is CC[C@@H](C)Oc1c(C)cc(NC(=O)C2(c3cccc(C)c3)CCOCC2)cc1C. The van der Waals surface area contributed by atoms with E-state index in [1.807, 2.05) is 32.0 Å². The summed E-state index contributed by atoms with van der Waals surface area (Å²) in [5.74, 6) is 0.956. The molecule has 2 aromatic rings. The molecule has 1 amide bonds. The van der Waals surface area contributed by atoms with Crippen LogP contribution in [0.2, 0.25) is 0 Å². The molecule has 1 fully saturated rings. The molecule has 29 heavy (non-hydrogen) atoms. The van der Waals surface area contributed by atoms with E-state index in [0.717, 1.165) is 34.5 Å². The van der Waals surface area contributed by atoms with Crippen molar-refractivity contribution in [2.75, 3.05) is 18.5 Å². The third-order valence-electron chi connectivity index (χ3n) is 5.96. The highest BCUT2D eigenvalue weighted by Crippen LogP contribution is 2.37. The number of amides is 1. The Morgan fingerprint density at radius 2 is 1.79 bits per heavy atom. The van der Waals surface area contributed by atoms with Crippen molar-refractivity contribution in [3.8, 4) is 5.75 Å². The maximum Gasteiger partial charge on any atom is 0.235 e. The molecule has 1 heterocycles. The van der Waals surface area contributed by atoms with Crippen LogP contribution in [-0.4, -0.2) is 25.2 Å². The number of rotatable bonds is 6. The first-order valence-electron chi connectivity index (χ1n) is 10.6. The number of benzene rings is 2. The third kappa shape index (κ3) is 4.64. The number of anilines is 1. The van der Waals surface area contributed by atoms with Crippen LogP contribution in [0.15, 0.2) is 36.4 Å². The quantitative estimate of drug-likeness (QED) is 0.705. The Bertz CT molecular complexity index is 845. The number of carbonyl (C=O) groups is 1. The Morgan fingerprint density at radius 1 is 1.14 bits per heavy atom. The van der Waals surface area contributed by atoms with Gasteiger partial charge in [0, 0.05) is 18.9 Å². The predicted molar refractivity (Wildman–Crippen MR) is 118 cm³/mol. The topological polar surface area (TPSA) is 47.6 Å². The summed E-state index contributed by atoms with van der Waals surface area (Å²) in [6.45, 7) is 11.5. The number of aryl methyl sites for hydroxylation is 3. The number of nitrogens with one attached hydrogen (secondary N) is 1. The van der Waals surface area contributed by atoms with E-state index in [4.69, 9.17) is 9.47 Å². The lowest BCUT2D eigenvalue weighted by molar-refractivity contribution is -0.125. The van der Waals surface area contributed by atoms with Gasteiger partial charge in [-0.15, -0.1) is 0 Å². The fourth-order valence-electron chi connectivity index (χ4n) is 4.05. The lowest BCUT2D eigenvalue weighted by atomic mass is 9.73. The highest BCUT2D eigenvalue weighted by molar-refractivity contribution is 5.99. The first-order valence-corrected chi connectivity index (χ1v) is 10.6.